The van der Waals surface area contributed by atoms with Crippen molar-refractivity contribution in [3.63, 3.8) is 0 Å². The van der Waals surface area contributed by atoms with Crippen LogP contribution in [-0.4, -0.2) is 29.9 Å². The van der Waals surface area contributed by atoms with Gasteiger partial charge in [-0.3, -0.25) is 0 Å². The third-order valence-corrected chi connectivity index (χ3v) is 3.57. The number of aromatic nitrogens is 2. The van der Waals surface area contributed by atoms with Crippen LogP contribution in [0.4, 0.5) is 0 Å². The van der Waals surface area contributed by atoms with Crippen LogP contribution in [-0.2, 0) is 11.2 Å². The minimum atomic E-state index is 0.277. The molecule has 3 heterocycles. The van der Waals surface area contributed by atoms with E-state index in [0.29, 0.717) is 5.92 Å². The monoisotopic (exact) mass is 237 g/mol. The fourth-order valence-electron chi connectivity index (χ4n) is 2.61. The molecule has 2 saturated heterocycles. The number of hydrogen-bond donors (Lipinski definition) is 1. The van der Waals surface area contributed by atoms with E-state index in [-0.39, 0.29) is 6.04 Å². The average molecular weight is 237 g/mol. The largest absolute Gasteiger partial charge is 0.381 e. The Morgan fingerprint density at radius 1 is 1.29 bits per heavy atom. The van der Waals surface area contributed by atoms with Gasteiger partial charge in [0.25, 0.3) is 0 Å². The second kappa shape index (κ2) is 5.14. The smallest absolute Gasteiger partial charge is 0.243 e. The number of rotatable bonds is 3. The van der Waals surface area contributed by atoms with Crippen molar-refractivity contribution in [2.45, 2.75) is 38.1 Å². The molecule has 0 saturated carbocycles. The molecular formula is C12H19N3O2. The van der Waals surface area contributed by atoms with Crippen LogP contribution in [0, 0.1) is 5.92 Å². The molecule has 0 bridgehead atoms. The lowest BCUT2D eigenvalue weighted by molar-refractivity contribution is 0.0541. The Morgan fingerprint density at radius 3 is 3.06 bits per heavy atom. The number of nitrogens with zero attached hydrogens (tertiary/aromatic N) is 2. The topological polar surface area (TPSA) is 60.2 Å². The summed E-state index contributed by atoms with van der Waals surface area (Å²) in [4.78, 5) is 4.49. The molecule has 2 aliphatic heterocycles. The average Bonchev–Trinajstić information content (AvgIpc) is 3.00. The van der Waals surface area contributed by atoms with E-state index in [4.69, 9.17) is 9.26 Å². The lowest BCUT2D eigenvalue weighted by Crippen LogP contribution is -2.19. The fraction of sp³-hybridized carbons (Fsp3) is 0.833. The van der Waals surface area contributed by atoms with Crippen LogP contribution in [0.25, 0.3) is 0 Å². The van der Waals surface area contributed by atoms with Crippen molar-refractivity contribution in [1.29, 1.82) is 0 Å². The van der Waals surface area contributed by atoms with Crippen LogP contribution < -0.4 is 5.32 Å². The maximum atomic E-state index is 5.46. The summed E-state index contributed by atoms with van der Waals surface area (Å²) in [6.45, 7) is 2.80. The van der Waals surface area contributed by atoms with Crippen molar-refractivity contribution in [2.75, 3.05) is 19.8 Å². The predicted molar refractivity (Wildman–Crippen MR) is 61.5 cm³/mol. The molecule has 0 radical (unpaired) electrons. The van der Waals surface area contributed by atoms with Crippen LogP contribution >= 0.6 is 0 Å². The molecule has 2 fully saturated rings. The summed E-state index contributed by atoms with van der Waals surface area (Å²) in [5, 5.41) is 7.44. The molecule has 1 aromatic rings. The molecule has 1 aromatic heterocycles. The van der Waals surface area contributed by atoms with Gasteiger partial charge in [-0.25, -0.2) is 0 Å². The highest BCUT2D eigenvalue weighted by molar-refractivity contribution is 4.96. The second-order valence-corrected chi connectivity index (χ2v) is 4.99. The van der Waals surface area contributed by atoms with Crippen molar-refractivity contribution >= 4 is 0 Å². The first-order chi connectivity index (χ1) is 8.42. The Hall–Kier alpha value is -0.940. The molecule has 2 aliphatic rings. The van der Waals surface area contributed by atoms with Crippen LogP contribution in [0.15, 0.2) is 4.52 Å². The normalized spacial score (nSPS) is 29.6. The Balaban J connectivity index is 1.59. The molecule has 2 atom stereocenters. The summed E-state index contributed by atoms with van der Waals surface area (Å²) in [5.41, 5.74) is 0. The van der Waals surface area contributed by atoms with Crippen molar-refractivity contribution < 1.29 is 9.26 Å². The Labute approximate surface area is 101 Å². The molecule has 3 rings (SSSR count). The third-order valence-electron chi connectivity index (χ3n) is 3.57. The van der Waals surface area contributed by atoms with Gasteiger partial charge in [-0.2, -0.15) is 4.98 Å². The van der Waals surface area contributed by atoms with Gasteiger partial charge in [0.2, 0.25) is 5.89 Å². The zero-order valence-corrected chi connectivity index (χ0v) is 10.0. The summed E-state index contributed by atoms with van der Waals surface area (Å²) >= 11 is 0. The standard InChI is InChI=1S/C12H19N3O2/c1-4-10(13-5-1)12-14-11(15-17-12)7-9-3-2-6-16-8-9/h9-10,13H,1-8H2. The molecular weight excluding hydrogens is 218 g/mol. The zero-order chi connectivity index (χ0) is 11.5. The molecule has 0 aromatic carbocycles. The van der Waals surface area contributed by atoms with Gasteiger partial charge in [0.05, 0.1) is 6.04 Å². The summed E-state index contributed by atoms with van der Waals surface area (Å²) in [5.74, 6) is 2.16. The Morgan fingerprint density at radius 2 is 2.29 bits per heavy atom. The highest BCUT2D eigenvalue weighted by Crippen LogP contribution is 2.23. The summed E-state index contributed by atoms with van der Waals surface area (Å²) < 4.78 is 10.8. The van der Waals surface area contributed by atoms with E-state index >= 15 is 0 Å². The van der Waals surface area contributed by atoms with Crippen molar-refractivity contribution in [3.8, 4) is 0 Å². The molecule has 0 spiro atoms. The molecule has 0 aliphatic carbocycles. The maximum absolute atomic E-state index is 5.46. The highest BCUT2D eigenvalue weighted by Gasteiger charge is 2.23. The molecule has 0 amide bonds. The maximum Gasteiger partial charge on any atom is 0.243 e. The molecule has 2 unspecified atom stereocenters. The van der Waals surface area contributed by atoms with E-state index < -0.39 is 0 Å². The minimum absolute atomic E-state index is 0.277. The minimum Gasteiger partial charge on any atom is -0.381 e. The van der Waals surface area contributed by atoms with Gasteiger partial charge in [0, 0.05) is 19.6 Å². The van der Waals surface area contributed by atoms with Gasteiger partial charge >= 0.3 is 0 Å². The summed E-state index contributed by atoms with van der Waals surface area (Å²) in [6, 6.07) is 0.277. The zero-order valence-electron chi connectivity index (χ0n) is 10.0. The van der Waals surface area contributed by atoms with E-state index in [1.54, 1.807) is 0 Å². The van der Waals surface area contributed by atoms with Gasteiger partial charge in [-0.15, -0.1) is 0 Å². The van der Waals surface area contributed by atoms with Gasteiger partial charge in [-0.05, 0) is 38.1 Å². The van der Waals surface area contributed by atoms with Crippen LogP contribution in [0.3, 0.4) is 0 Å². The van der Waals surface area contributed by atoms with Crippen molar-refractivity contribution in [1.82, 2.24) is 15.5 Å². The molecule has 5 heteroatoms. The van der Waals surface area contributed by atoms with E-state index in [0.717, 1.165) is 50.7 Å². The molecule has 17 heavy (non-hydrogen) atoms. The molecule has 1 N–H and O–H groups in total. The molecule has 5 nitrogen and oxygen atoms in total. The Kier molecular flexibility index (Phi) is 3.38. The van der Waals surface area contributed by atoms with Crippen LogP contribution in [0.1, 0.15) is 43.4 Å². The van der Waals surface area contributed by atoms with Crippen LogP contribution in [0.2, 0.25) is 0 Å². The van der Waals surface area contributed by atoms with E-state index in [1.165, 1.54) is 12.8 Å². The number of ether oxygens (including phenoxy) is 1. The first-order valence-corrected chi connectivity index (χ1v) is 6.55. The molecule has 94 valence electrons. The highest BCUT2D eigenvalue weighted by atomic mass is 16.5. The SMILES string of the molecule is C1COCC(Cc2noc(C3CCCN3)n2)C1. The number of hydrogen-bond acceptors (Lipinski definition) is 5. The number of nitrogens with one attached hydrogen (secondary N) is 1. The van der Waals surface area contributed by atoms with E-state index in [1.807, 2.05) is 0 Å². The van der Waals surface area contributed by atoms with Gasteiger partial charge in [0.15, 0.2) is 5.82 Å². The summed E-state index contributed by atoms with van der Waals surface area (Å²) in [6.07, 6.45) is 5.55. The summed E-state index contributed by atoms with van der Waals surface area (Å²) in [7, 11) is 0. The third kappa shape index (κ3) is 2.66. The van der Waals surface area contributed by atoms with Gasteiger partial charge in [-0.1, -0.05) is 5.16 Å². The second-order valence-electron chi connectivity index (χ2n) is 4.99. The first-order valence-electron chi connectivity index (χ1n) is 6.55. The first kappa shape index (κ1) is 11.2. The Bertz CT molecular complexity index is 354. The lowest BCUT2D eigenvalue weighted by Gasteiger charge is -2.20. The van der Waals surface area contributed by atoms with Crippen molar-refractivity contribution in [2.24, 2.45) is 5.92 Å². The van der Waals surface area contributed by atoms with Crippen molar-refractivity contribution in [3.05, 3.63) is 11.7 Å². The fourth-order valence-corrected chi connectivity index (χ4v) is 2.61. The lowest BCUT2D eigenvalue weighted by atomic mass is 9.98. The van der Waals surface area contributed by atoms with Gasteiger partial charge in [0.1, 0.15) is 0 Å². The quantitative estimate of drug-likeness (QED) is 0.862. The van der Waals surface area contributed by atoms with Crippen LogP contribution in [0.5, 0.6) is 0 Å². The van der Waals surface area contributed by atoms with E-state index in [9.17, 15) is 0 Å². The predicted octanol–water partition coefficient (Wildman–Crippen LogP) is 1.46. The van der Waals surface area contributed by atoms with E-state index in [2.05, 4.69) is 15.5 Å². The van der Waals surface area contributed by atoms with Gasteiger partial charge < -0.3 is 14.6 Å².